The lowest BCUT2D eigenvalue weighted by molar-refractivity contribution is -0.138. The van der Waals surface area contributed by atoms with Gasteiger partial charge in [0.05, 0.1) is 6.54 Å². The van der Waals surface area contributed by atoms with Gasteiger partial charge in [-0.1, -0.05) is 43.7 Å². The van der Waals surface area contributed by atoms with Gasteiger partial charge in [0.2, 0.25) is 0 Å². The minimum atomic E-state index is -0.243. The number of carbonyl (C=O) groups excluding carboxylic acids is 2. The standard InChI is InChI=1S/C15H18N2O2/c1-2-3-9-16-13-10-14(18)17(15(13)19)11-12-7-5-4-6-8-12/h4-8,10,16H,2-3,9,11H2,1H3. The van der Waals surface area contributed by atoms with Crippen molar-refractivity contribution < 1.29 is 9.59 Å². The number of imide groups is 1. The van der Waals surface area contributed by atoms with Crippen molar-refractivity contribution in [3.63, 3.8) is 0 Å². The van der Waals surface area contributed by atoms with E-state index in [0.717, 1.165) is 24.9 Å². The molecule has 0 unspecified atom stereocenters. The molecule has 19 heavy (non-hydrogen) atoms. The number of benzene rings is 1. The van der Waals surface area contributed by atoms with E-state index in [9.17, 15) is 9.59 Å². The van der Waals surface area contributed by atoms with Gasteiger partial charge in [-0.25, -0.2) is 0 Å². The van der Waals surface area contributed by atoms with Crippen molar-refractivity contribution in [3.05, 3.63) is 47.7 Å². The van der Waals surface area contributed by atoms with Gasteiger partial charge in [-0.05, 0) is 12.0 Å². The maximum Gasteiger partial charge on any atom is 0.277 e. The first-order valence-corrected chi connectivity index (χ1v) is 6.57. The van der Waals surface area contributed by atoms with Gasteiger partial charge in [-0.2, -0.15) is 0 Å². The molecule has 0 bridgehead atoms. The third kappa shape index (κ3) is 3.22. The van der Waals surface area contributed by atoms with E-state index in [0.29, 0.717) is 12.2 Å². The largest absolute Gasteiger partial charge is 0.380 e. The Balaban J connectivity index is 1.98. The third-order valence-corrected chi connectivity index (χ3v) is 3.04. The summed E-state index contributed by atoms with van der Waals surface area (Å²) in [5, 5.41) is 3.03. The van der Waals surface area contributed by atoms with Crippen LogP contribution in [0, 0.1) is 0 Å². The number of nitrogens with one attached hydrogen (secondary N) is 1. The van der Waals surface area contributed by atoms with Crippen molar-refractivity contribution in [1.29, 1.82) is 0 Å². The molecule has 100 valence electrons. The second-order valence-electron chi connectivity index (χ2n) is 4.55. The van der Waals surface area contributed by atoms with E-state index >= 15 is 0 Å². The van der Waals surface area contributed by atoms with Crippen LogP contribution in [0.25, 0.3) is 0 Å². The van der Waals surface area contributed by atoms with Gasteiger partial charge in [0.25, 0.3) is 11.8 Å². The summed E-state index contributed by atoms with van der Waals surface area (Å²) in [5.41, 5.74) is 1.36. The SMILES string of the molecule is CCCCNC1=CC(=O)N(Cc2ccccc2)C1=O. The molecule has 4 nitrogen and oxygen atoms in total. The molecule has 0 atom stereocenters. The predicted molar refractivity (Wildman–Crippen MR) is 73.0 cm³/mol. The van der Waals surface area contributed by atoms with Gasteiger partial charge in [0, 0.05) is 12.6 Å². The Kier molecular flexibility index (Phi) is 4.34. The number of amides is 2. The lowest BCUT2D eigenvalue weighted by Gasteiger charge is -2.15. The number of hydrogen-bond acceptors (Lipinski definition) is 3. The zero-order valence-electron chi connectivity index (χ0n) is 11.1. The molecule has 1 aliphatic rings. The summed E-state index contributed by atoms with van der Waals surface area (Å²) in [6.07, 6.45) is 3.43. The molecule has 2 amide bonds. The fourth-order valence-corrected chi connectivity index (χ4v) is 1.95. The summed E-state index contributed by atoms with van der Waals surface area (Å²) in [4.78, 5) is 25.2. The fourth-order valence-electron chi connectivity index (χ4n) is 1.95. The summed E-state index contributed by atoms with van der Waals surface area (Å²) >= 11 is 0. The topological polar surface area (TPSA) is 49.4 Å². The number of nitrogens with zero attached hydrogens (tertiary/aromatic N) is 1. The zero-order valence-corrected chi connectivity index (χ0v) is 11.1. The normalized spacial score (nSPS) is 14.8. The Labute approximate surface area is 113 Å². The number of hydrogen-bond donors (Lipinski definition) is 1. The molecule has 0 aliphatic carbocycles. The molecule has 1 N–H and O–H groups in total. The highest BCUT2D eigenvalue weighted by Crippen LogP contribution is 2.14. The molecule has 2 rings (SSSR count). The maximum atomic E-state index is 12.1. The monoisotopic (exact) mass is 258 g/mol. The highest BCUT2D eigenvalue weighted by molar-refractivity contribution is 6.15. The van der Waals surface area contributed by atoms with Gasteiger partial charge in [0.1, 0.15) is 5.70 Å². The van der Waals surface area contributed by atoms with Crippen LogP contribution >= 0.6 is 0 Å². The average Bonchev–Trinajstić information content (AvgIpc) is 2.68. The van der Waals surface area contributed by atoms with Crippen LogP contribution in [0.5, 0.6) is 0 Å². The van der Waals surface area contributed by atoms with Crippen LogP contribution in [0.15, 0.2) is 42.1 Å². The van der Waals surface area contributed by atoms with E-state index in [2.05, 4.69) is 12.2 Å². The number of carbonyl (C=O) groups is 2. The predicted octanol–water partition coefficient (Wildman–Crippen LogP) is 1.83. The van der Waals surface area contributed by atoms with Gasteiger partial charge in [0.15, 0.2) is 0 Å². The van der Waals surface area contributed by atoms with Gasteiger partial charge < -0.3 is 5.32 Å². The van der Waals surface area contributed by atoms with E-state index in [-0.39, 0.29) is 11.8 Å². The summed E-state index contributed by atoms with van der Waals surface area (Å²) in [6, 6.07) is 9.52. The Bertz CT molecular complexity index is 494. The van der Waals surface area contributed by atoms with E-state index in [4.69, 9.17) is 0 Å². The first kappa shape index (κ1) is 13.3. The van der Waals surface area contributed by atoms with Crippen LogP contribution in [-0.4, -0.2) is 23.3 Å². The van der Waals surface area contributed by atoms with Crippen LogP contribution in [-0.2, 0) is 16.1 Å². The second kappa shape index (κ2) is 6.18. The average molecular weight is 258 g/mol. The fraction of sp³-hybridized carbons (Fsp3) is 0.333. The van der Waals surface area contributed by atoms with Crippen LogP contribution in [0.2, 0.25) is 0 Å². The lowest BCUT2D eigenvalue weighted by Crippen LogP contribution is -2.33. The van der Waals surface area contributed by atoms with Crippen molar-refractivity contribution in [1.82, 2.24) is 10.2 Å². The molecule has 0 spiro atoms. The lowest BCUT2D eigenvalue weighted by atomic mass is 10.2. The van der Waals surface area contributed by atoms with Gasteiger partial charge >= 0.3 is 0 Å². The molecule has 0 radical (unpaired) electrons. The summed E-state index contributed by atoms with van der Waals surface area (Å²) in [6.45, 7) is 3.13. The molecule has 1 heterocycles. The van der Waals surface area contributed by atoms with Crippen LogP contribution in [0.4, 0.5) is 0 Å². The zero-order chi connectivity index (χ0) is 13.7. The van der Waals surface area contributed by atoms with Crippen molar-refractivity contribution >= 4 is 11.8 Å². The molecular formula is C15H18N2O2. The molecule has 1 aromatic carbocycles. The molecule has 1 aliphatic heterocycles. The van der Waals surface area contributed by atoms with Crippen molar-refractivity contribution in [2.75, 3.05) is 6.54 Å². The first-order valence-electron chi connectivity index (χ1n) is 6.57. The quantitative estimate of drug-likeness (QED) is 0.625. The van der Waals surface area contributed by atoms with Crippen molar-refractivity contribution in [3.8, 4) is 0 Å². The van der Waals surface area contributed by atoms with E-state index in [1.54, 1.807) is 0 Å². The first-order chi connectivity index (χ1) is 9.22. The number of unbranched alkanes of at least 4 members (excludes halogenated alkanes) is 1. The molecule has 0 fully saturated rings. The maximum absolute atomic E-state index is 12.1. The Morgan fingerprint density at radius 3 is 2.58 bits per heavy atom. The minimum absolute atomic E-state index is 0.232. The summed E-state index contributed by atoms with van der Waals surface area (Å²) in [7, 11) is 0. The Morgan fingerprint density at radius 1 is 1.16 bits per heavy atom. The van der Waals surface area contributed by atoms with E-state index in [1.165, 1.54) is 11.0 Å². The Morgan fingerprint density at radius 2 is 1.89 bits per heavy atom. The molecule has 0 aromatic heterocycles. The molecule has 4 heteroatoms. The highest BCUT2D eigenvalue weighted by Gasteiger charge is 2.30. The van der Waals surface area contributed by atoms with Crippen molar-refractivity contribution in [2.24, 2.45) is 0 Å². The smallest absolute Gasteiger partial charge is 0.277 e. The highest BCUT2D eigenvalue weighted by atomic mass is 16.2. The molecule has 0 saturated carbocycles. The van der Waals surface area contributed by atoms with Crippen LogP contribution in [0.1, 0.15) is 25.3 Å². The van der Waals surface area contributed by atoms with E-state index < -0.39 is 0 Å². The second-order valence-corrected chi connectivity index (χ2v) is 4.55. The molecular weight excluding hydrogens is 240 g/mol. The summed E-state index contributed by atoms with van der Waals surface area (Å²) < 4.78 is 0. The molecule has 1 aromatic rings. The third-order valence-electron chi connectivity index (χ3n) is 3.04. The number of rotatable bonds is 6. The Hall–Kier alpha value is -2.10. The van der Waals surface area contributed by atoms with Crippen LogP contribution < -0.4 is 5.32 Å². The molecule has 0 saturated heterocycles. The van der Waals surface area contributed by atoms with Crippen LogP contribution in [0.3, 0.4) is 0 Å². The summed E-state index contributed by atoms with van der Waals surface area (Å²) in [5.74, 6) is -0.474. The van der Waals surface area contributed by atoms with Crippen molar-refractivity contribution in [2.45, 2.75) is 26.3 Å². The van der Waals surface area contributed by atoms with Gasteiger partial charge in [-0.3, -0.25) is 14.5 Å². The minimum Gasteiger partial charge on any atom is -0.380 e. The van der Waals surface area contributed by atoms with E-state index in [1.807, 2.05) is 30.3 Å². The van der Waals surface area contributed by atoms with Gasteiger partial charge in [-0.15, -0.1) is 0 Å².